The number of likely N-dealkylation sites (tertiary alicyclic amines) is 1. The van der Waals surface area contributed by atoms with Crippen molar-refractivity contribution < 1.29 is 9.90 Å². The Morgan fingerprint density at radius 1 is 1.47 bits per heavy atom. The number of carbonyl (C=O) groups excluding carboxylic acids is 1. The lowest BCUT2D eigenvalue weighted by molar-refractivity contribution is -0.134. The van der Waals surface area contributed by atoms with Gasteiger partial charge >= 0.3 is 0 Å². The van der Waals surface area contributed by atoms with Gasteiger partial charge < -0.3 is 15.7 Å². The number of carbonyl (C=O) groups is 1. The Hall–Kier alpha value is -1.55. The molecule has 2 rings (SSSR count). The molecule has 0 radical (unpaired) electrons. The highest BCUT2D eigenvalue weighted by Gasteiger charge is 2.29. The van der Waals surface area contributed by atoms with Crippen LogP contribution in [0.1, 0.15) is 31.7 Å². The minimum Gasteiger partial charge on any atom is -0.508 e. The van der Waals surface area contributed by atoms with Crippen LogP contribution in [0, 0.1) is 0 Å². The van der Waals surface area contributed by atoms with Crippen LogP contribution >= 0.6 is 0 Å². The highest BCUT2D eigenvalue weighted by Crippen LogP contribution is 2.22. The van der Waals surface area contributed by atoms with Gasteiger partial charge in [-0.3, -0.25) is 4.79 Å². The Bertz CT molecular complexity index is 446. The number of benzene rings is 1. The SMILES string of the molecule is CC(N)C1CCCCN1C(=O)Cc1ccccc1O. The van der Waals surface area contributed by atoms with Gasteiger partial charge in [0.2, 0.25) is 5.91 Å². The summed E-state index contributed by atoms with van der Waals surface area (Å²) in [5, 5.41) is 9.74. The lowest BCUT2D eigenvalue weighted by Gasteiger charge is -2.38. The van der Waals surface area contributed by atoms with Gasteiger partial charge in [-0.2, -0.15) is 0 Å². The first-order valence-corrected chi connectivity index (χ1v) is 6.91. The van der Waals surface area contributed by atoms with E-state index in [1.165, 1.54) is 0 Å². The van der Waals surface area contributed by atoms with E-state index in [1.807, 2.05) is 17.9 Å². The van der Waals surface area contributed by atoms with Gasteiger partial charge in [0.15, 0.2) is 0 Å². The van der Waals surface area contributed by atoms with Gasteiger partial charge in [-0.25, -0.2) is 0 Å². The average Bonchev–Trinajstić information content (AvgIpc) is 2.41. The molecule has 1 aromatic rings. The van der Waals surface area contributed by atoms with Crippen molar-refractivity contribution in [3.05, 3.63) is 29.8 Å². The standard InChI is InChI=1S/C15H22N2O2/c1-11(16)13-7-4-5-9-17(13)15(19)10-12-6-2-3-8-14(12)18/h2-3,6,8,11,13,18H,4-5,7,9-10,16H2,1H3. The molecule has 0 saturated carbocycles. The van der Waals surface area contributed by atoms with Crippen LogP contribution in [-0.4, -0.2) is 34.5 Å². The second kappa shape index (κ2) is 6.06. The summed E-state index contributed by atoms with van der Waals surface area (Å²) in [6.07, 6.45) is 3.39. The van der Waals surface area contributed by atoms with Gasteiger partial charge in [0.25, 0.3) is 0 Å². The van der Waals surface area contributed by atoms with Gasteiger partial charge in [0.1, 0.15) is 5.75 Å². The van der Waals surface area contributed by atoms with Crippen molar-refractivity contribution in [2.45, 2.75) is 44.7 Å². The number of para-hydroxylation sites is 1. The molecule has 4 heteroatoms. The third kappa shape index (κ3) is 3.26. The molecule has 1 fully saturated rings. The predicted molar refractivity (Wildman–Crippen MR) is 74.8 cm³/mol. The topological polar surface area (TPSA) is 66.6 Å². The van der Waals surface area contributed by atoms with Crippen LogP contribution in [0.25, 0.3) is 0 Å². The average molecular weight is 262 g/mol. The molecule has 0 aliphatic carbocycles. The monoisotopic (exact) mass is 262 g/mol. The van der Waals surface area contributed by atoms with E-state index in [0.717, 1.165) is 25.8 Å². The molecule has 1 aliphatic heterocycles. The molecule has 2 atom stereocenters. The molecule has 0 spiro atoms. The van der Waals surface area contributed by atoms with Crippen LogP contribution < -0.4 is 5.73 Å². The molecule has 0 aromatic heterocycles. The number of hydrogen-bond donors (Lipinski definition) is 2. The number of phenolic OH excluding ortho intramolecular Hbond substituents is 1. The lowest BCUT2D eigenvalue weighted by Crippen LogP contribution is -2.52. The van der Waals surface area contributed by atoms with Gasteiger partial charge in [-0.15, -0.1) is 0 Å². The van der Waals surface area contributed by atoms with Crippen molar-refractivity contribution in [2.24, 2.45) is 5.73 Å². The van der Waals surface area contributed by atoms with Crippen molar-refractivity contribution in [3.63, 3.8) is 0 Å². The summed E-state index contributed by atoms with van der Waals surface area (Å²) in [7, 11) is 0. The van der Waals surface area contributed by atoms with Crippen LogP contribution in [0.5, 0.6) is 5.75 Å². The van der Waals surface area contributed by atoms with E-state index in [0.29, 0.717) is 5.56 Å². The first-order valence-electron chi connectivity index (χ1n) is 6.91. The first kappa shape index (κ1) is 13.9. The highest BCUT2D eigenvalue weighted by molar-refractivity contribution is 5.80. The molecule has 104 valence electrons. The summed E-state index contributed by atoms with van der Waals surface area (Å²) in [5.41, 5.74) is 6.66. The molecular formula is C15H22N2O2. The molecule has 4 nitrogen and oxygen atoms in total. The zero-order chi connectivity index (χ0) is 13.8. The van der Waals surface area contributed by atoms with Crippen molar-refractivity contribution >= 4 is 5.91 Å². The fraction of sp³-hybridized carbons (Fsp3) is 0.533. The summed E-state index contributed by atoms with van der Waals surface area (Å²) in [6, 6.07) is 7.12. The summed E-state index contributed by atoms with van der Waals surface area (Å²) < 4.78 is 0. The molecule has 1 saturated heterocycles. The molecular weight excluding hydrogens is 240 g/mol. The first-order chi connectivity index (χ1) is 9.09. The van der Waals surface area contributed by atoms with Crippen LogP contribution in [0.2, 0.25) is 0 Å². The number of piperidine rings is 1. The third-order valence-corrected chi connectivity index (χ3v) is 3.81. The number of phenols is 1. The molecule has 1 amide bonds. The molecule has 3 N–H and O–H groups in total. The van der Waals surface area contributed by atoms with Crippen molar-refractivity contribution in [1.82, 2.24) is 4.90 Å². The van der Waals surface area contributed by atoms with Gasteiger partial charge in [0.05, 0.1) is 6.42 Å². The maximum atomic E-state index is 12.4. The maximum Gasteiger partial charge on any atom is 0.227 e. The Balaban J connectivity index is 2.08. The second-order valence-corrected chi connectivity index (χ2v) is 5.31. The quantitative estimate of drug-likeness (QED) is 0.870. The minimum atomic E-state index is -0.00591. The molecule has 0 bridgehead atoms. The van der Waals surface area contributed by atoms with Crippen LogP contribution in [0.3, 0.4) is 0 Å². The molecule has 19 heavy (non-hydrogen) atoms. The molecule has 1 aliphatic rings. The summed E-state index contributed by atoms with van der Waals surface area (Å²) in [5.74, 6) is 0.244. The van der Waals surface area contributed by atoms with Crippen molar-refractivity contribution in [1.29, 1.82) is 0 Å². The molecule has 1 heterocycles. The van der Waals surface area contributed by atoms with E-state index in [1.54, 1.807) is 18.2 Å². The molecule has 2 unspecified atom stereocenters. The summed E-state index contributed by atoms with van der Waals surface area (Å²) in [4.78, 5) is 14.3. The Morgan fingerprint density at radius 2 is 2.21 bits per heavy atom. The van der Waals surface area contributed by atoms with E-state index in [9.17, 15) is 9.90 Å². The van der Waals surface area contributed by atoms with Crippen LogP contribution in [0.4, 0.5) is 0 Å². The zero-order valence-corrected chi connectivity index (χ0v) is 11.4. The normalized spacial score (nSPS) is 21.2. The van der Waals surface area contributed by atoms with E-state index < -0.39 is 0 Å². The van der Waals surface area contributed by atoms with E-state index in [-0.39, 0.29) is 30.2 Å². The number of nitrogens with two attached hydrogens (primary N) is 1. The Morgan fingerprint density at radius 3 is 2.89 bits per heavy atom. The third-order valence-electron chi connectivity index (χ3n) is 3.81. The fourth-order valence-corrected chi connectivity index (χ4v) is 2.74. The largest absolute Gasteiger partial charge is 0.508 e. The summed E-state index contributed by atoms with van der Waals surface area (Å²) in [6.45, 7) is 2.73. The maximum absolute atomic E-state index is 12.4. The summed E-state index contributed by atoms with van der Waals surface area (Å²) >= 11 is 0. The van der Waals surface area contributed by atoms with E-state index >= 15 is 0 Å². The van der Waals surface area contributed by atoms with Crippen molar-refractivity contribution in [2.75, 3.05) is 6.54 Å². The lowest BCUT2D eigenvalue weighted by atomic mass is 9.96. The molecule has 1 aromatic carbocycles. The van der Waals surface area contributed by atoms with Gasteiger partial charge in [0, 0.05) is 24.2 Å². The Labute approximate surface area is 114 Å². The Kier molecular flexibility index (Phi) is 4.43. The smallest absolute Gasteiger partial charge is 0.227 e. The van der Waals surface area contributed by atoms with E-state index in [4.69, 9.17) is 5.73 Å². The number of rotatable bonds is 3. The number of amides is 1. The zero-order valence-electron chi connectivity index (χ0n) is 11.4. The van der Waals surface area contributed by atoms with Crippen LogP contribution in [-0.2, 0) is 11.2 Å². The second-order valence-electron chi connectivity index (χ2n) is 5.31. The van der Waals surface area contributed by atoms with E-state index in [2.05, 4.69) is 0 Å². The van der Waals surface area contributed by atoms with Gasteiger partial charge in [-0.1, -0.05) is 18.2 Å². The highest BCUT2D eigenvalue weighted by atomic mass is 16.3. The van der Waals surface area contributed by atoms with Crippen LogP contribution in [0.15, 0.2) is 24.3 Å². The van der Waals surface area contributed by atoms with Crippen molar-refractivity contribution in [3.8, 4) is 5.75 Å². The minimum absolute atomic E-state index is 0.00591. The fourth-order valence-electron chi connectivity index (χ4n) is 2.74. The number of nitrogens with zero attached hydrogens (tertiary/aromatic N) is 1. The predicted octanol–water partition coefficient (Wildman–Crippen LogP) is 1.66. The number of aromatic hydroxyl groups is 1. The number of hydrogen-bond acceptors (Lipinski definition) is 3. The van der Waals surface area contributed by atoms with Gasteiger partial charge in [-0.05, 0) is 32.3 Å².